The molecule has 0 unspecified atom stereocenters. The summed E-state index contributed by atoms with van der Waals surface area (Å²) in [6.45, 7) is 14.3. The fraction of sp³-hybridized carbons (Fsp3) is 0.719. The lowest BCUT2D eigenvalue weighted by Gasteiger charge is -2.45. The standard InChI is InChI=1S/C32H48N6O6/c1-19(2)28(39)35-26-22-9-14-38(27(22)34-18-33-26)29-25(44-31(41)21(5)6)24(43-30(40)20(3)4)23(42-29)17-37-13-8-10-32(37)11-15-36(7)16-12-32/h9,14,18-21,23-25,29H,8,10-13,15-17H2,1-7H3,(H,33,34,35,39)/t23-,24-,25-,29-/m1/s1. The lowest BCUT2D eigenvalue weighted by atomic mass is 9.85. The summed E-state index contributed by atoms with van der Waals surface area (Å²) in [7, 11) is 2.16. The molecule has 12 heteroatoms. The fourth-order valence-electron chi connectivity index (χ4n) is 6.52. The molecule has 0 saturated carbocycles. The van der Waals surface area contributed by atoms with E-state index in [1.54, 1.807) is 38.5 Å². The van der Waals surface area contributed by atoms with Crippen molar-refractivity contribution in [2.45, 2.75) is 97.3 Å². The third-order valence-corrected chi connectivity index (χ3v) is 9.34. The van der Waals surface area contributed by atoms with E-state index in [0.717, 1.165) is 45.3 Å². The molecule has 0 aliphatic carbocycles. The lowest BCUT2D eigenvalue weighted by Crippen LogP contribution is -2.54. The maximum Gasteiger partial charge on any atom is 0.308 e. The van der Waals surface area contributed by atoms with Crippen molar-refractivity contribution in [1.82, 2.24) is 24.3 Å². The van der Waals surface area contributed by atoms with Crippen LogP contribution >= 0.6 is 0 Å². The minimum Gasteiger partial charge on any atom is -0.455 e. The van der Waals surface area contributed by atoms with E-state index in [2.05, 4.69) is 32.1 Å². The number of hydrogen-bond acceptors (Lipinski definition) is 10. The molecule has 1 spiro atoms. The van der Waals surface area contributed by atoms with E-state index in [0.29, 0.717) is 23.4 Å². The predicted octanol–water partition coefficient (Wildman–Crippen LogP) is 3.62. The largest absolute Gasteiger partial charge is 0.455 e. The zero-order chi connectivity index (χ0) is 31.8. The van der Waals surface area contributed by atoms with E-state index in [9.17, 15) is 14.4 Å². The predicted molar refractivity (Wildman–Crippen MR) is 165 cm³/mol. The van der Waals surface area contributed by atoms with Crippen LogP contribution in [0.2, 0.25) is 0 Å². The maximum absolute atomic E-state index is 13.1. The third-order valence-electron chi connectivity index (χ3n) is 9.34. The van der Waals surface area contributed by atoms with E-state index in [1.807, 2.05) is 19.9 Å². The number of piperidine rings is 1. The number of amides is 1. The van der Waals surface area contributed by atoms with Gasteiger partial charge in [-0.3, -0.25) is 19.3 Å². The van der Waals surface area contributed by atoms with Crippen molar-refractivity contribution in [2.75, 3.05) is 38.5 Å². The highest BCUT2D eigenvalue weighted by molar-refractivity contribution is 5.99. The van der Waals surface area contributed by atoms with Crippen LogP contribution in [0.4, 0.5) is 5.82 Å². The van der Waals surface area contributed by atoms with Crippen LogP contribution in [0.3, 0.4) is 0 Å². The van der Waals surface area contributed by atoms with Crippen LogP contribution in [0.5, 0.6) is 0 Å². The molecule has 0 bridgehead atoms. The highest BCUT2D eigenvalue weighted by Gasteiger charge is 2.53. The van der Waals surface area contributed by atoms with E-state index in [4.69, 9.17) is 14.2 Å². The van der Waals surface area contributed by atoms with Gasteiger partial charge in [0, 0.05) is 24.2 Å². The Hall–Kier alpha value is -3.09. The van der Waals surface area contributed by atoms with Crippen molar-refractivity contribution in [2.24, 2.45) is 17.8 Å². The van der Waals surface area contributed by atoms with E-state index in [1.165, 1.54) is 6.33 Å². The quantitative estimate of drug-likeness (QED) is 0.420. The average Bonchev–Trinajstić information content (AvgIpc) is 3.67. The molecule has 2 aromatic heterocycles. The van der Waals surface area contributed by atoms with E-state index < -0.39 is 30.5 Å². The Morgan fingerprint density at radius 2 is 1.61 bits per heavy atom. The smallest absolute Gasteiger partial charge is 0.308 e. The Balaban J connectivity index is 1.52. The Kier molecular flexibility index (Phi) is 9.62. The van der Waals surface area contributed by atoms with Crippen LogP contribution in [0.25, 0.3) is 11.0 Å². The number of carbonyl (C=O) groups is 3. The topological polar surface area (TPSA) is 128 Å². The number of aromatic nitrogens is 3. The van der Waals surface area contributed by atoms with Crippen molar-refractivity contribution in [3.8, 4) is 0 Å². The van der Waals surface area contributed by atoms with Gasteiger partial charge in [-0.2, -0.15) is 0 Å². The van der Waals surface area contributed by atoms with Gasteiger partial charge in [0.1, 0.15) is 23.9 Å². The van der Waals surface area contributed by atoms with Gasteiger partial charge in [-0.15, -0.1) is 0 Å². The summed E-state index contributed by atoms with van der Waals surface area (Å²) in [5.74, 6) is -1.53. The molecule has 44 heavy (non-hydrogen) atoms. The second kappa shape index (κ2) is 13.1. The normalized spacial score (nSPS) is 25.9. The van der Waals surface area contributed by atoms with Crippen LogP contribution in [0.1, 0.15) is 73.5 Å². The van der Waals surface area contributed by atoms with Crippen molar-refractivity contribution in [3.63, 3.8) is 0 Å². The molecule has 1 amide bonds. The van der Waals surface area contributed by atoms with Crippen molar-refractivity contribution < 1.29 is 28.6 Å². The van der Waals surface area contributed by atoms with E-state index >= 15 is 0 Å². The molecule has 3 saturated heterocycles. The first-order valence-electron chi connectivity index (χ1n) is 16.0. The van der Waals surface area contributed by atoms with Gasteiger partial charge in [0.2, 0.25) is 5.91 Å². The van der Waals surface area contributed by atoms with Gasteiger partial charge < -0.3 is 29.0 Å². The second-order valence-corrected chi connectivity index (χ2v) is 13.6. The van der Waals surface area contributed by atoms with Gasteiger partial charge in [0.25, 0.3) is 0 Å². The minimum absolute atomic E-state index is 0.0849. The Morgan fingerprint density at radius 1 is 0.955 bits per heavy atom. The van der Waals surface area contributed by atoms with Crippen LogP contribution in [-0.2, 0) is 28.6 Å². The van der Waals surface area contributed by atoms with Crippen LogP contribution in [0, 0.1) is 17.8 Å². The number of likely N-dealkylation sites (tertiary alicyclic amines) is 2. The molecule has 1 N–H and O–H groups in total. The van der Waals surface area contributed by atoms with Crippen molar-refractivity contribution in [1.29, 1.82) is 0 Å². The summed E-state index contributed by atoms with van der Waals surface area (Å²) in [5, 5.41) is 3.51. The number of rotatable bonds is 9. The maximum atomic E-state index is 13.1. The van der Waals surface area contributed by atoms with E-state index in [-0.39, 0.29) is 35.2 Å². The molecule has 242 valence electrons. The molecule has 3 fully saturated rings. The van der Waals surface area contributed by atoms with Gasteiger partial charge in [0.05, 0.1) is 17.2 Å². The van der Waals surface area contributed by atoms with Gasteiger partial charge >= 0.3 is 11.9 Å². The number of carbonyl (C=O) groups excluding carboxylic acids is 3. The fourth-order valence-corrected chi connectivity index (χ4v) is 6.52. The first kappa shape index (κ1) is 32.3. The molecule has 4 atom stereocenters. The van der Waals surface area contributed by atoms with Gasteiger partial charge in [-0.25, -0.2) is 9.97 Å². The lowest BCUT2D eigenvalue weighted by molar-refractivity contribution is -0.172. The monoisotopic (exact) mass is 612 g/mol. The summed E-state index contributed by atoms with van der Waals surface area (Å²) in [4.78, 5) is 52.4. The number of nitrogens with zero attached hydrogens (tertiary/aromatic N) is 5. The summed E-state index contributed by atoms with van der Waals surface area (Å²) in [6, 6.07) is 1.81. The molecule has 3 aliphatic rings. The summed E-state index contributed by atoms with van der Waals surface area (Å²) >= 11 is 0. The van der Waals surface area contributed by atoms with Gasteiger partial charge in [-0.05, 0) is 58.4 Å². The molecule has 0 aromatic carbocycles. The van der Waals surface area contributed by atoms with Gasteiger partial charge in [0.15, 0.2) is 18.4 Å². The molecule has 5 heterocycles. The highest BCUT2D eigenvalue weighted by Crippen LogP contribution is 2.42. The van der Waals surface area contributed by atoms with Gasteiger partial charge in [-0.1, -0.05) is 41.5 Å². The number of fused-ring (bicyclic) bond motifs is 1. The van der Waals surface area contributed by atoms with Crippen LogP contribution < -0.4 is 5.32 Å². The van der Waals surface area contributed by atoms with Crippen LogP contribution in [0.15, 0.2) is 18.6 Å². The molecule has 0 radical (unpaired) electrons. The number of nitrogens with one attached hydrogen (secondary N) is 1. The number of esters is 2. The molecule has 5 rings (SSSR count). The third kappa shape index (κ3) is 6.48. The zero-order valence-corrected chi connectivity index (χ0v) is 27.1. The highest BCUT2D eigenvalue weighted by atomic mass is 16.6. The second-order valence-electron chi connectivity index (χ2n) is 13.6. The molecule has 12 nitrogen and oxygen atoms in total. The first-order chi connectivity index (χ1) is 20.9. The Bertz CT molecular complexity index is 1350. The molecular weight excluding hydrogens is 564 g/mol. The van der Waals surface area contributed by atoms with Crippen molar-refractivity contribution in [3.05, 3.63) is 18.6 Å². The summed E-state index contributed by atoms with van der Waals surface area (Å²) in [6.07, 6.45) is 4.48. The number of hydrogen-bond donors (Lipinski definition) is 1. The minimum atomic E-state index is -0.909. The zero-order valence-electron chi connectivity index (χ0n) is 27.1. The summed E-state index contributed by atoms with van der Waals surface area (Å²) in [5.41, 5.74) is 0.596. The number of ether oxygens (including phenoxy) is 3. The Morgan fingerprint density at radius 3 is 2.25 bits per heavy atom. The SMILES string of the molecule is CC(C)C(=O)Nc1ncnc2c1ccn2[C@@H]1O[C@H](CN2CCCC23CCN(C)CC3)[C@@H](OC(=O)C(C)C)[C@H]1OC(=O)C(C)C. The Labute approximate surface area is 259 Å². The average molecular weight is 613 g/mol. The summed E-state index contributed by atoms with van der Waals surface area (Å²) < 4.78 is 20.9. The van der Waals surface area contributed by atoms with Crippen LogP contribution in [-0.4, -0.2) is 99.3 Å². The van der Waals surface area contributed by atoms with Crippen molar-refractivity contribution >= 4 is 34.7 Å². The first-order valence-corrected chi connectivity index (χ1v) is 16.0. The molecule has 2 aromatic rings. The molecular formula is C32H48N6O6. The number of anilines is 1. The molecule has 3 aliphatic heterocycles.